The number of rotatable bonds is 18. The third kappa shape index (κ3) is 10.4. The van der Waals surface area contributed by atoms with E-state index in [0.717, 1.165) is 25.7 Å². The van der Waals surface area contributed by atoms with Gasteiger partial charge in [0.25, 0.3) is 5.91 Å². The van der Waals surface area contributed by atoms with Crippen LogP contribution in [-0.2, 0) is 4.79 Å². The Hall–Kier alpha value is -1.10. The van der Waals surface area contributed by atoms with E-state index >= 15 is 0 Å². The first-order valence-electron chi connectivity index (χ1n) is 11.9. The summed E-state index contributed by atoms with van der Waals surface area (Å²) in [5, 5.41) is 6.20. The predicted octanol–water partition coefficient (Wildman–Crippen LogP) is 5.73. The van der Waals surface area contributed by atoms with Crippen molar-refractivity contribution in [3.8, 4) is 0 Å². The Labute approximate surface area is 173 Å². The van der Waals surface area contributed by atoms with Gasteiger partial charge in [-0.3, -0.25) is 10.1 Å². The Morgan fingerprint density at radius 1 is 0.857 bits per heavy atom. The molecule has 5 heteroatoms. The molecule has 0 bridgehead atoms. The molecule has 1 aliphatic rings. The summed E-state index contributed by atoms with van der Waals surface area (Å²) in [4.78, 5) is 26.0. The first-order valence-corrected chi connectivity index (χ1v) is 11.9. The van der Waals surface area contributed by atoms with E-state index in [-0.39, 0.29) is 18.0 Å². The van der Waals surface area contributed by atoms with Gasteiger partial charge in [-0.2, -0.15) is 0 Å². The summed E-state index contributed by atoms with van der Waals surface area (Å²) in [6.45, 7) is 6.93. The largest absolute Gasteiger partial charge is 0.326 e. The third-order valence-corrected chi connectivity index (χ3v) is 5.79. The fourth-order valence-electron chi connectivity index (χ4n) is 3.81. The Kier molecular flexibility index (Phi) is 14.1. The second-order valence-corrected chi connectivity index (χ2v) is 8.50. The topological polar surface area (TPSA) is 61.4 Å². The summed E-state index contributed by atoms with van der Waals surface area (Å²) < 4.78 is 0. The van der Waals surface area contributed by atoms with E-state index in [4.69, 9.17) is 0 Å². The Morgan fingerprint density at radius 3 is 2.00 bits per heavy atom. The van der Waals surface area contributed by atoms with Crippen LogP contribution in [0.15, 0.2) is 0 Å². The van der Waals surface area contributed by atoms with Crippen molar-refractivity contribution < 1.29 is 9.59 Å². The van der Waals surface area contributed by atoms with Gasteiger partial charge in [-0.1, -0.05) is 97.3 Å². The number of urea groups is 1. The molecule has 0 aromatic carbocycles. The van der Waals surface area contributed by atoms with Crippen LogP contribution in [0.4, 0.5) is 4.79 Å². The van der Waals surface area contributed by atoms with Gasteiger partial charge in [-0.15, -0.1) is 0 Å². The molecule has 1 rings (SSSR count). The first-order chi connectivity index (χ1) is 13.6. The third-order valence-electron chi connectivity index (χ3n) is 5.79. The van der Waals surface area contributed by atoms with E-state index in [2.05, 4.69) is 31.4 Å². The molecule has 3 amide bonds. The summed E-state index contributed by atoms with van der Waals surface area (Å²) in [6, 6.07) is -0.232. The molecule has 0 aromatic heterocycles. The monoisotopic (exact) mass is 395 g/mol. The maximum absolute atomic E-state index is 12.5. The number of amides is 3. The molecule has 0 aliphatic carbocycles. The zero-order valence-electron chi connectivity index (χ0n) is 18.7. The molecule has 28 heavy (non-hydrogen) atoms. The molecule has 2 atom stereocenters. The lowest BCUT2D eigenvalue weighted by molar-refractivity contribution is -0.127. The molecular formula is C23H45N3O2. The van der Waals surface area contributed by atoms with Gasteiger partial charge < -0.3 is 5.32 Å². The highest BCUT2D eigenvalue weighted by molar-refractivity contribution is 6.04. The molecule has 0 spiro atoms. The first kappa shape index (κ1) is 24.9. The van der Waals surface area contributed by atoms with Crippen LogP contribution in [0.3, 0.4) is 0 Å². The number of hydrogen-bond acceptors (Lipinski definition) is 3. The van der Waals surface area contributed by atoms with Gasteiger partial charge in [0.1, 0.15) is 6.04 Å². The van der Waals surface area contributed by atoms with Crippen molar-refractivity contribution in [1.82, 2.24) is 15.5 Å². The Bertz CT molecular complexity index is 428. The van der Waals surface area contributed by atoms with Crippen LogP contribution in [0.1, 0.15) is 117 Å². The smallest absolute Gasteiger partial charge is 0.325 e. The average molecular weight is 396 g/mol. The molecule has 1 aliphatic heterocycles. The molecule has 164 valence electrons. The van der Waals surface area contributed by atoms with Gasteiger partial charge in [0.15, 0.2) is 0 Å². The number of unbranched alkanes of at least 4 members (excludes halogenated alkanes) is 11. The van der Waals surface area contributed by atoms with Crippen molar-refractivity contribution in [2.24, 2.45) is 0 Å². The SMILES string of the molecule is CCCCCCCCCCC1NC(=O)N(CNC(C)CCCCCCC)C1=O. The average Bonchev–Trinajstić information content (AvgIpc) is 2.95. The van der Waals surface area contributed by atoms with E-state index in [1.54, 1.807) is 0 Å². The van der Waals surface area contributed by atoms with E-state index in [1.807, 2.05) is 0 Å². The molecule has 0 aromatic rings. The fourth-order valence-corrected chi connectivity index (χ4v) is 3.81. The van der Waals surface area contributed by atoms with Crippen molar-refractivity contribution in [2.45, 2.75) is 129 Å². The highest BCUT2D eigenvalue weighted by Gasteiger charge is 2.37. The van der Waals surface area contributed by atoms with Crippen molar-refractivity contribution in [2.75, 3.05) is 6.67 Å². The van der Waals surface area contributed by atoms with Gasteiger partial charge in [-0.05, 0) is 19.8 Å². The highest BCUT2D eigenvalue weighted by Crippen LogP contribution is 2.15. The van der Waals surface area contributed by atoms with Crippen LogP contribution in [-0.4, -0.2) is 35.6 Å². The number of imide groups is 1. The summed E-state index contributed by atoms with van der Waals surface area (Å²) in [6.07, 6.45) is 18.2. The lowest BCUT2D eigenvalue weighted by atomic mass is 10.0. The quantitative estimate of drug-likeness (QED) is 0.230. The predicted molar refractivity (Wildman–Crippen MR) is 117 cm³/mol. The minimum Gasteiger partial charge on any atom is -0.326 e. The molecule has 1 saturated heterocycles. The van der Waals surface area contributed by atoms with E-state index in [9.17, 15) is 9.59 Å². The molecule has 5 nitrogen and oxygen atoms in total. The van der Waals surface area contributed by atoms with Gasteiger partial charge in [0, 0.05) is 6.04 Å². The van der Waals surface area contributed by atoms with Crippen LogP contribution in [0.5, 0.6) is 0 Å². The van der Waals surface area contributed by atoms with Gasteiger partial charge in [0.2, 0.25) is 0 Å². The maximum Gasteiger partial charge on any atom is 0.325 e. The summed E-state index contributed by atoms with van der Waals surface area (Å²) in [5.74, 6) is -0.0596. The summed E-state index contributed by atoms with van der Waals surface area (Å²) >= 11 is 0. The van der Waals surface area contributed by atoms with Crippen LogP contribution in [0.2, 0.25) is 0 Å². The van der Waals surface area contributed by atoms with Crippen LogP contribution in [0, 0.1) is 0 Å². The fraction of sp³-hybridized carbons (Fsp3) is 0.913. The van der Waals surface area contributed by atoms with Crippen molar-refractivity contribution in [1.29, 1.82) is 0 Å². The van der Waals surface area contributed by atoms with Crippen molar-refractivity contribution >= 4 is 11.9 Å². The molecule has 2 N–H and O–H groups in total. The maximum atomic E-state index is 12.5. The standard InChI is InChI=1S/C23H45N3O2/c1-4-6-8-10-11-12-14-16-18-21-22(27)26(23(28)25-21)19-24-20(3)17-15-13-9-7-5-2/h20-21,24H,4-19H2,1-3H3,(H,25,28). The normalized spacial score (nSPS) is 18.0. The lowest BCUT2D eigenvalue weighted by Gasteiger charge is -2.18. The van der Waals surface area contributed by atoms with E-state index in [0.29, 0.717) is 12.7 Å². The number of carbonyl (C=O) groups is 2. The van der Waals surface area contributed by atoms with Crippen LogP contribution >= 0.6 is 0 Å². The number of carbonyl (C=O) groups excluding carboxylic acids is 2. The number of nitrogens with zero attached hydrogens (tertiary/aromatic N) is 1. The van der Waals surface area contributed by atoms with E-state index < -0.39 is 0 Å². The minimum absolute atomic E-state index is 0.0596. The zero-order chi connectivity index (χ0) is 20.6. The van der Waals surface area contributed by atoms with Crippen LogP contribution in [0.25, 0.3) is 0 Å². The Morgan fingerprint density at radius 2 is 1.39 bits per heavy atom. The van der Waals surface area contributed by atoms with Gasteiger partial charge in [-0.25, -0.2) is 9.69 Å². The number of hydrogen-bond donors (Lipinski definition) is 2. The molecule has 1 fully saturated rings. The zero-order valence-corrected chi connectivity index (χ0v) is 18.7. The lowest BCUT2D eigenvalue weighted by Crippen LogP contribution is -2.42. The van der Waals surface area contributed by atoms with Gasteiger partial charge >= 0.3 is 6.03 Å². The molecule has 0 radical (unpaired) electrons. The molecule has 2 unspecified atom stereocenters. The second-order valence-electron chi connectivity index (χ2n) is 8.50. The molecular weight excluding hydrogens is 350 g/mol. The van der Waals surface area contributed by atoms with Crippen molar-refractivity contribution in [3.05, 3.63) is 0 Å². The second kappa shape index (κ2) is 15.8. The minimum atomic E-state index is -0.321. The van der Waals surface area contributed by atoms with Gasteiger partial charge in [0.05, 0.1) is 6.67 Å². The van der Waals surface area contributed by atoms with Crippen molar-refractivity contribution in [3.63, 3.8) is 0 Å². The molecule has 0 saturated carbocycles. The summed E-state index contributed by atoms with van der Waals surface area (Å²) in [7, 11) is 0. The summed E-state index contributed by atoms with van der Waals surface area (Å²) in [5.41, 5.74) is 0. The highest BCUT2D eigenvalue weighted by atomic mass is 16.2. The van der Waals surface area contributed by atoms with Crippen LogP contribution < -0.4 is 10.6 Å². The molecule has 1 heterocycles. The van der Waals surface area contributed by atoms with E-state index in [1.165, 1.54) is 75.5 Å². The Balaban J connectivity index is 2.13. The number of nitrogens with one attached hydrogen (secondary N) is 2.